The fourth-order valence-corrected chi connectivity index (χ4v) is 3.47. The SMILES string of the molecule is CNC(=O)CSC1=C(C#N)C(c2ccc(O)cc2)CC(=O)N1.c1ccccc1. The van der Waals surface area contributed by atoms with Crippen LogP contribution in [0.3, 0.4) is 0 Å². The number of amides is 2. The minimum Gasteiger partial charge on any atom is -0.508 e. The van der Waals surface area contributed by atoms with Crippen molar-refractivity contribution in [2.24, 2.45) is 0 Å². The molecule has 0 bridgehead atoms. The number of benzene rings is 2. The Morgan fingerprint density at radius 1 is 1.21 bits per heavy atom. The molecule has 144 valence electrons. The number of aromatic hydroxyl groups is 1. The monoisotopic (exact) mass is 395 g/mol. The average Bonchev–Trinajstić information content (AvgIpc) is 2.73. The van der Waals surface area contributed by atoms with E-state index in [1.54, 1.807) is 12.1 Å². The Labute approximate surface area is 168 Å². The fraction of sp³-hybridized carbons (Fsp3) is 0.190. The van der Waals surface area contributed by atoms with E-state index in [-0.39, 0.29) is 35.7 Å². The molecule has 2 aromatic rings. The van der Waals surface area contributed by atoms with Gasteiger partial charge in [0.15, 0.2) is 0 Å². The van der Waals surface area contributed by atoms with Crippen molar-refractivity contribution in [3.8, 4) is 11.8 Å². The van der Waals surface area contributed by atoms with Crippen LogP contribution in [0.4, 0.5) is 0 Å². The van der Waals surface area contributed by atoms with Gasteiger partial charge in [-0.3, -0.25) is 9.59 Å². The van der Waals surface area contributed by atoms with Gasteiger partial charge in [-0.1, -0.05) is 60.3 Å². The second-order valence-corrected chi connectivity index (χ2v) is 6.85. The normalized spacial score (nSPS) is 15.6. The highest BCUT2D eigenvalue weighted by molar-refractivity contribution is 8.03. The molecular weight excluding hydrogens is 374 g/mol. The first-order chi connectivity index (χ1) is 13.5. The molecule has 0 saturated heterocycles. The van der Waals surface area contributed by atoms with Crippen LogP contribution in [0, 0.1) is 11.3 Å². The van der Waals surface area contributed by atoms with Crippen LogP contribution in [0.2, 0.25) is 0 Å². The van der Waals surface area contributed by atoms with Gasteiger partial charge in [0.25, 0.3) is 0 Å². The molecule has 0 spiro atoms. The summed E-state index contributed by atoms with van der Waals surface area (Å²) >= 11 is 1.13. The van der Waals surface area contributed by atoms with Crippen molar-refractivity contribution >= 4 is 23.6 Å². The van der Waals surface area contributed by atoms with Gasteiger partial charge in [-0.2, -0.15) is 5.26 Å². The lowest BCUT2D eigenvalue weighted by Gasteiger charge is -2.25. The van der Waals surface area contributed by atoms with E-state index in [4.69, 9.17) is 0 Å². The zero-order valence-corrected chi connectivity index (χ0v) is 16.2. The molecule has 0 fully saturated rings. The Hall–Kier alpha value is -3.24. The number of hydrogen-bond acceptors (Lipinski definition) is 5. The highest BCUT2D eigenvalue weighted by Crippen LogP contribution is 2.36. The van der Waals surface area contributed by atoms with Crippen LogP contribution < -0.4 is 10.6 Å². The number of carbonyl (C=O) groups excluding carboxylic acids is 2. The van der Waals surface area contributed by atoms with Gasteiger partial charge >= 0.3 is 0 Å². The lowest BCUT2D eigenvalue weighted by Crippen LogP contribution is -2.31. The van der Waals surface area contributed by atoms with E-state index in [1.165, 1.54) is 19.2 Å². The van der Waals surface area contributed by atoms with Crippen LogP contribution in [0.25, 0.3) is 0 Å². The fourth-order valence-electron chi connectivity index (χ4n) is 2.52. The van der Waals surface area contributed by atoms with Crippen LogP contribution in [0.1, 0.15) is 17.9 Å². The molecule has 2 aromatic carbocycles. The number of thioether (sulfide) groups is 1. The first-order valence-electron chi connectivity index (χ1n) is 8.61. The summed E-state index contributed by atoms with van der Waals surface area (Å²) in [5.41, 5.74) is 1.21. The average molecular weight is 395 g/mol. The van der Waals surface area contributed by atoms with E-state index < -0.39 is 0 Å². The van der Waals surface area contributed by atoms with Gasteiger partial charge in [0.2, 0.25) is 11.8 Å². The maximum atomic E-state index is 11.9. The second-order valence-electron chi connectivity index (χ2n) is 5.87. The smallest absolute Gasteiger partial charge is 0.230 e. The first-order valence-corrected chi connectivity index (χ1v) is 9.60. The summed E-state index contributed by atoms with van der Waals surface area (Å²) in [7, 11) is 1.53. The Kier molecular flexibility index (Phi) is 8.12. The summed E-state index contributed by atoms with van der Waals surface area (Å²) < 4.78 is 0. The van der Waals surface area contributed by atoms with Crippen molar-refractivity contribution in [1.82, 2.24) is 10.6 Å². The molecule has 1 unspecified atom stereocenters. The minimum atomic E-state index is -0.369. The summed E-state index contributed by atoms with van der Waals surface area (Å²) in [5, 5.41) is 24.4. The molecule has 28 heavy (non-hydrogen) atoms. The molecular formula is C21H21N3O3S. The lowest BCUT2D eigenvalue weighted by atomic mass is 9.87. The second kappa shape index (κ2) is 10.8. The molecule has 3 rings (SSSR count). The van der Waals surface area contributed by atoms with Crippen LogP contribution in [0.5, 0.6) is 5.75 Å². The Bertz CT molecular complexity index is 847. The summed E-state index contributed by atoms with van der Waals surface area (Å²) in [4.78, 5) is 23.2. The zero-order valence-electron chi connectivity index (χ0n) is 15.4. The number of carbonyl (C=O) groups is 2. The molecule has 1 aliphatic heterocycles. The van der Waals surface area contributed by atoms with Crippen molar-refractivity contribution in [1.29, 1.82) is 5.26 Å². The molecule has 1 aliphatic rings. The summed E-state index contributed by atoms with van der Waals surface area (Å²) in [6.07, 6.45) is 0.164. The molecule has 0 aliphatic carbocycles. The van der Waals surface area contributed by atoms with Crippen molar-refractivity contribution < 1.29 is 14.7 Å². The number of nitrogens with zero attached hydrogens (tertiary/aromatic N) is 1. The molecule has 1 heterocycles. The van der Waals surface area contributed by atoms with Gasteiger partial charge in [-0.15, -0.1) is 0 Å². The van der Waals surface area contributed by atoms with Gasteiger partial charge in [-0.05, 0) is 17.7 Å². The van der Waals surface area contributed by atoms with Gasteiger partial charge < -0.3 is 15.7 Å². The van der Waals surface area contributed by atoms with E-state index in [0.29, 0.717) is 10.6 Å². The van der Waals surface area contributed by atoms with Crippen molar-refractivity contribution in [3.05, 3.63) is 76.8 Å². The highest BCUT2D eigenvalue weighted by atomic mass is 32.2. The maximum absolute atomic E-state index is 11.9. The van der Waals surface area contributed by atoms with Gasteiger partial charge in [-0.25, -0.2) is 0 Å². The number of hydrogen-bond donors (Lipinski definition) is 3. The predicted octanol–water partition coefficient (Wildman–Crippen LogP) is 2.90. The van der Waals surface area contributed by atoms with E-state index in [1.807, 2.05) is 36.4 Å². The van der Waals surface area contributed by atoms with Crippen molar-refractivity contribution in [3.63, 3.8) is 0 Å². The molecule has 3 N–H and O–H groups in total. The molecule has 6 nitrogen and oxygen atoms in total. The van der Waals surface area contributed by atoms with E-state index in [0.717, 1.165) is 17.3 Å². The third-order valence-corrected chi connectivity index (χ3v) is 4.96. The number of phenols is 1. The number of allylic oxidation sites excluding steroid dienone is 1. The topological polar surface area (TPSA) is 102 Å². The number of rotatable bonds is 4. The third kappa shape index (κ3) is 6.18. The summed E-state index contributed by atoms with van der Waals surface area (Å²) in [6, 6.07) is 20.6. The molecule has 0 aromatic heterocycles. The third-order valence-electron chi connectivity index (χ3n) is 3.94. The van der Waals surface area contributed by atoms with Gasteiger partial charge in [0.05, 0.1) is 22.4 Å². The summed E-state index contributed by atoms with van der Waals surface area (Å²) in [5.74, 6) is -0.501. The molecule has 7 heteroatoms. The molecule has 0 saturated carbocycles. The minimum absolute atomic E-state index is 0.125. The molecule has 1 atom stereocenters. The zero-order chi connectivity index (χ0) is 20.4. The standard InChI is InChI=1S/C15H15N3O3S.C6H6/c1-17-14(21)8-22-15-12(7-16)11(6-13(20)18-15)9-2-4-10(19)5-3-9;1-2-4-6-5-3-1/h2-5,11,19H,6,8H2,1H3,(H,17,21)(H,18,20);1-6H. The molecule has 0 radical (unpaired) electrons. The Morgan fingerprint density at radius 3 is 2.29 bits per heavy atom. The van der Waals surface area contributed by atoms with E-state index >= 15 is 0 Å². The quantitative estimate of drug-likeness (QED) is 0.739. The number of nitrogens with one attached hydrogen (secondary N) is 2. The Morgan fingerprint density at radius 2 is 1.79 bits per heavy atom. The molecule has 2 amide bonds. The maximum Gasteiger partial charge on any atom is 0.230 e. The van der Waals surface area contributed by atoms with Gasteiger partial charge in [0, 0.05) is 19.4 Å². The van der Waals surface area contributed by atoms with Crippen LogP contribution in [-0.2, 0) is 9.59 Å². The number of phenolic OH excluding ortho intramolecular Hbond substituents is 1. The predicted molar refractivity (Wildman–Crippen MR) is 109 cm³/mol. The van der Waals surface area contributed by atoms with Gasteiger partial charge in [0.1, 0.15) is 5.75 Å². The van der Waals surface area contributed by atoms with Crippen molar-refractivity contribution in [2.45, 2.75) is 12.3 Å². The van der Waals surface area contributed by atoms with Crippen molar-refractivity contribution in [2.75, 3.05) is 12.8 Å². The Balaban J connectivity index is 0.000000397. The van der Waals surface area contributed by atoms with Crippen LogP contribution in [-0.4, -0.2) is 29.7 Å². The van der Waals surface area contributed by atoms with E-state index in [9.17, 15) is 20.0 Å². The first kappa shape index (κ1) is 21.1. The van der Waals surface area contributed by atoms with E-state index in [2.05, 4.69) is 16.7 Å². The highest BCUT2D eigenvalue weighted by Gasteiger charge is 2.29. The summed E-state index contributed by atoms with van der Waals surface area (Å²) in [6.45, 7) is 0. The van der Waals surface area contributed by atoms with Crippen LogP contribution in [0.15, 0.2) is 71.3 Å². The largest absolute Gasteiger partial charge is 0.508 e. The number of nitriles is 1. The lowest BCUT2D eigenvalue weighted by molar-refractivity contribution is -0.121. The van der Waals surface area contributed by atoms with Crippen LogP contribution >= 0.6 is 11.8 Å².